The summed E-state index contributed by atoms with van der Waals surface area (Å²) in [7, 11) is 0. The first-order valence-electron chi connectivity index (χ1n) is 7.48. The molecule has 0 saturated carbocycles. The molecular formula is C15H22N2OS2. The summed E-state index contributed by atoms with van der Waals surface area (Å²) in [5, 5.41) is 3.97. The summed E-state index contributed by atoms with van der Waals surface area (Å²) in [4.78, 5) is 17.4. The second-order valence-electron chi connectivity index (χ2n) is 5.60. The second kappa shape index (κ2) is 6.96. The largest absolute Gasteiger partial charge is 0.333 e. The lowest BCUT2D eigenvalue weighted by molar-refractivity contribution is 0.0667. The predicted molar refractivity (Wildman–Crippen MR) is 86.8 cm³/mol. The number of nitrogens with zero attached hydrogens (tertiary/aromatic N) is 2. The molecule has 1 aromatic heterocycles. The monoisotopic (exact) mass is 310 g/mol. The van der Waals surface area contributed by atoms with Gasteiger partial charge in [0.15, 0.2) is 0 Å². The molecule has 3 heterocycles. The van der Waals surface area contributed by atoms with Gasteiger partial charge in [0.1, 0.15) is 0 Å². The fraction of sp³-hybridized carbons (Fsp3) is 0.667. The van der Waals surface area contributed by atoms with Gasteiger partial charge in [0.25, 0.3) is 5.91 Å². The van der Waals surface area contributed by atoms with Gasteiger partial charge in [-0.05, 0) is 49.6 Å². The molecule has 0 radical (unpaired) electrons. The molecule has 5 heteroatoms. The first kappa shape index (κ1) is 14.4. The Balaban J connectivity index is 1.71. The van der Waals surface area contributed by atoms with Crippen molar-refractivity contribution < 1.29 is 4.79 Å². The van der Waals surface area contributed by atoms with Crippen LogP contribution in [0.3, 0.4) is 0 Å². The van der Waals surface area contributed by atoms with Crippen LogP contribution in [0.15, 0.2) is 16.8 Å². The van der Waals surface area contributed by atoms with Crippen LogP contribution in [0.1, 0.15) is 29.6 Å². The molecule has 0 aromatic carbocycles. The van der Waals surface area contributed by atoms with Crippen LogP contribution in [0.4, 0.5) is 0 Å². The van der Waals surface area contributed by atoms with Gasteiger partial charge in [0.05, 0.1) is 11.6 Å². The maximum Gasteiger partial charge on any atom is 0.255 e. The van der Waals surface area contributed by atoms with E-state index in [4.69, 9.17) is 0 Å². The van der Waals surface area contributed by atoms with Crippen LogP contribution in [0.25, 0.3) is 0 Å². The minimum atomic E-state index is 0.234. The molecule has 0 N–H and O–H groups in total. The van der Waals surface area contributed by atoms with Gasteiger partial charge in [-0.15, -0.1) is 0 Å². The van der Waals surface area contributed by atoms with Crippen molar-refractivity contribution in [1.29, 1.82) is 0 Å². The number of carbonyl (C=O) groups is 1. The zero-order valence-electron chi connectivity index (χ0n) is 11.8. The minimum Gasteiger partial charge on any atom is -0.333 e. The predicted octanol–water partition coefficient (Wildman–Crippen LogP) is 2.79. The molecule has 0 aliphatic carbocycles. The first-order valence-corrected chi connectivity index (χ1v) is 9.57. The highest BCUT2D eigenvalue weighted by atomic mass is 32.2. The van der Waals surface area contributed by atoms with E-state index < -0.39 is 0 Å². The van der Waals surface area contributed by atoms with Gasteiger partial charge in [-0.3, -0.25) is 4.79 Å². The third-order valence-electron chi connectivity index (χ3n) is 4.14. The molecule has 1 atom stereocenters. The van der Waals surface area contributed by atoms with Crippen molar-refractivity contribution in [3.8, 4) is 0 Å². The molecule has 2 fully saturated rings. The van der Waals surface area contributed by atoms with Crippen LogP contribution in [-0.4, -0.2) is 59.4 Å². The third-order valence-corrected chi connectivity index (χ3v) is 6.02. The SMILES string of the molecule is O=C(c1ccsc1)N1CCCSCC1CN1CCCC1. The van der Waals surface area contributed by atoms with Crippen LogP contribution in [0.5, 0.6) is 0 Å². The van der Waals surface area contributed by atoms with Gasteiger partial charge >= 0.3 is 0 Å². The van der Waals surface area contributed by atoms with Crippen molar-refractivity contribution in [3.05, 3.63) is 22.4 Å². The molecule has 1 aromatic rings. The minimum absolute atomic E-state index is 0.234. The number of thiophene rings is 1. The molecule has 2 saturated heterocycles. The highest BCUT2D eigenvalue weighted by molar-refractivity contribution is 7.99. The van der Waals surface area contributed by atoms with Gasteiger partial charge in [0, 0.05) is 24.2 Å². The normalized spacial score (nSPS) is 24.8. The molecule has 0 spiro atoms. The van der Waals surface area contributed by atoms with E-state index in [1.165, 1.54) is 31.7 Å². The number of hydrogen-bond donors (Lipinski definition) is 0. The molecule has 1 unspecified atom stereocenters. The number of thioether (sulfide) groups is 1. The Bertz CT molecular complexity index is 429. The maximum absolute atomic E-state index is 12.7. The smallest absolute Gasteiger partial charge is 0.255 e. The topological polar surface area (TPSA) is 23.6 Å². The van der Waals surface area contributed by atoms with Gasteiger partial charge in [-0.25, -0.2) is 0 Å². The van der Waals surface area contributed by atoms with E-state index in [1.807, 2.05) is 28.6 Å². The van der Waals surface area contributed by atoms with Crippen LogP contribution in [0, 0.1) is 0 Å². The Morgan fingerprint density at radius 1 is 1.25 bits per heavy atom. The standard InChI is InChI=1S/C15H22N2OS2/c18-15(13-4-9-20-11-13)17-7-3-8-19-12-14(17)10-16-5-1-2-6-16/h4,9,11,14H,1-3,5-8,10,12H2. The molecule has 1 amide bonds. The number of carbonyl (C=O) groups excluding carboxylic acids is 1. The number of likely N-dealkylation sites (tertiary alicyclic amines) is 1. The van der Waals surface area contributed by atoms with Gasteiger partial charge in [-0.1, -0.05) is 0 Å². The van der Waals surface area contributed by atoms with Crippen molar-refractivity contribution in [2.75, 3.05) is 37.7 Å². The number of amides is 1. The van der Waals surface area contributed by atoms with Gasteiger partial charge in [-0.2, -0.15) is 23.1 Å². The van der Waals surface area contributed by atoms with Crippen molar-refractivity contribution in [2.45, 2.75) is 25.3 Å². The van der Waals surface area contributed by atoms with E-state index >= 15 is 0 Å². The van der Waals surface area contributed by atoms with Crippen LogP contribution in [-0.2, 0) is 0 Å². The van der Waals surface area contributed by atoms with Crippen LogP contribution < -0.4 is 0 Å². The van der Waals surface area contributed by atoms with E-state index in [0.29, 0.717) is 6.04 Å². The molecule has 2 aliphatic rings. The van der Waals surface area contributed by atoms with E-state index in [9.17, 15) is 4.79 Å². The molecule has 3 rings (SSSR count). The lowest BCUT2D eigenvalue weighted by atomic mass is 10.2. The average molecular weight is 310 g/mol. The van der Waals surface area contributed by atoms with Crippen molar-refractivity contribution in [2.24, 2.45) is 0 Å². The molecule has 0 bridgehead atoms. The summed E-state index contributed by atoms with van der Waals surface area (Å²) in [6, 6.07) is 2.34. The Labute approximate surface area is 129 Å². The second-order valence-corrected chi connectivity index (χ2v) is 7.53. The Morgan fingerprint density at radius 3 is 2.85 bits per heavy atom. The zero-order valence-corrected chi connectivity index (χ0v) is 13.4. The lowest BCUT2D eigenvalue weighted by Gasteiger charge is -2.32. The zero-order chi connectivity index (χ0) is 13.8. The fourth-order valence-corrected chi connectivity index (χ4v) is 4.75. The summed E-state index contributed by atoms with van der Waals surface area (Å²) in [5.74, 6) is 2.51. The molecule has 20 heavy (non-hydrogen) atoms. The summed E-state index contributed by atoms with van der Waals surface area (Å²) in [5.41, 5.74) is 0.869. The van der Waals surface area contributed by atoms with Crippen molar-refractivity contribution in [3.63, 3.8) is 0 Å². The first-order chi connectivity index (χ1) is 9.84. The summed E-state index contributed by atoms with van der Waals surface area (Å²) in [6.45, 7) is 4.40. The van der Waals surface area contributed by atoms with Crippen molar-refractivity contribution in [1.82, 2.24) is 9.80 Å². The molecular weight excluding hydrogens is 288 g/mol. The van der Waals surface area contributed by atoms with Crippen LogP contribution >= 0.6 is 23.1 Å². The Morgan fingerprint density at radius 2 is 2.10 bits per heavy atom. The molecule has 3 nitrogen and oxygen atoms in total. The lowest BCUT2D eigenvalue weighted by Crippen LogP contribution is -2.47. The van der Waals surface area contributed by atoms with E-state index in [-0.39, 0.29) is 5.91 Å². The summed E-state index contributed by atoms with van der Waals surface area (Å²) in [6.07, 6.45) is 3.76. The van der Waals surface area contributed by atoms with Gasteiger partial charge in [0.2, 0.25) is 0 Å². The quantitative estimate of drug-likeness (QED) is 0.858. The molecule has 2 aliphatic heterocycles. The summed E-state index contributed by atoms with van der Waals surface area (Å²) >= 11 is 3.62. The van der Waals surface area contributed by atoms with E-state index in [2.05, 4.69) is 9.80 Å². The number of rotatable bonds is 3. The Hall–Kier alpha value is -0.520. The summed E-state index contributed by atoms with van der Waals surface area (Å²) < 4.78 is 0. The average Bonchev–Trinajstić information content (AvgIpc) is 3.10. The van der Waals surface area contributed by atoms with E-state index in [1.54, 1.807) is 11.3 Å². The van der Waals surface area contributed by atoms with Crippen LogP contribution in [0.2, 0.25) is 0 Å². The van der Waals surface area contributed by atoms with E-state index in [0.717, 1.165) is 30.8 Å². The highest BCUT2D eigenvalue weighted by Crippen LogP contribution is 2.21. The Kier molecular flexibility index (Phi) is 5.02. The van der Waals surface area contributed by atoms with Gasteiger partial charge < -0.3 is 9.80 Å². The third kappa shape index (κ3) is 3.38. The van der Waals surface area contributed by atoms with Crippen molar-refractivity contribution >= 4 is 29.0 Å². The molecule has 110 valence electrons. The highest BCUT2D eigenvalue weighted by Gasteiger charge is 2.29. The number of hydrogen-bond acceptors (Lipinski definition) is 4. The maximum atomic E-state index is 12.7. The fourth-order valence-electron chi connectivity index (χ4n) is 3.06.